The van der Waals surface area contributed by atoms with Crippen LogP contribution < -0.4 is 0 Å². The van der Waals surface area contributed by atoms with Crippen LogP contribution in [0.2, 0.25) is 0 Å². The topological polar surface area (TPSA) is 117 Å². The van der Waals surface area contributed by atoms with Gasteiger partial charge in [-0.3, -0.25) is 0 Å². The van der Waals surface area contributed by atoms with E-state index in [2.05, 4.69) is 129 Å². The van der Waals surface area contributed by atoms with Gasteiger partial charge < -0.3 is 13.3 Å². The lowest BCUT2D eigenvalue weighted by Gasteiger charge is -2.18. The van der Waals surface area contributed by atoms with E-state index in [4.69, 9.17) is 13.3 Å². The average Bonchev–Trinajstić information content (AvgIpc) is 3.89. The molecule has 0 saturated carbocycles. The molecule has 7 aromatic rings. The number of nitrogens with zero attached hydrogens (tertiary/aromatic N) is 6. The van der Waals surface area contributed by atoms with Crippen LogP contribution in [-0.4, -0.2) is 30.6 Å². The lowest BCUT2D eigenvalue weighted by molar-refractivity contribution is 0.572. The number of hydrogen-bond donors (Lipinski definition) is 0. The van der Waals surface area contributed by atoms with E-state index in [0.717, 1.165) is 16.7 Å². The Hall–Kier alpha value is -5.70. The highest BCUT2D eigenvalue weighted by Gasteiger charge is 2.27. The zero-order valence-electron chi connectivity index (χ0n) is 30.6. The van der Waals surface area contributed by atoms with Gasteiger partial charge in [-0.05, 0) is 81.5 Å². The van der Waals surface area contributed by atoms with Gasteiger partial charge in [0.05, 0.1) is 16.7 Å². The molecule has 0 aliphatic heterocycles. The molecule has 0 radical (unpaired) electrons. The van der Waals surface area contributed by atoms with Gasteiger partial charge in [-0.15, -0.1) is 30.6 Å². The van der Waals surface area contributed by atoms with Crippen LogP contribution in [0.5, 0.6) is 0 Å². The maximum Gasteiger partial charge on any atom is 0.249 e. The molecular formula is C42H42N6O3. The standard InChI is InChI=1S/C42H42N6O3/c1-40(2,3)28-19-13-25(14-20-28)34-43-46-37(49-34)31-11-10-12-32(38-47-44-35(50-38)26-15-21-29(22-16-26)41(4,5)6)33(31)39-48-45-36(51-39)27-17-23-30(24-18-27)42(7,8)9/h10-24H,1-9H3. The molecule has 0 spiro atoms. The van der Waals surface area contributed by atoms with Gasteiger partial charge in [0.25, 0.3) is 0 Å². The Morgan fingerprint density at radius 3 is 0.922 bits per heavy atom. The summed E-state index contributed by atoms with van der Waals surface area (Å²) in [7, 11) is 0. The molecule has 0 bridgehead atoms. The van der Waals surface area contributed by atoms with Crippen LogP contribution in [0.1, 0.15) is 79.0 Å². The Morgan fingerprint density at radius 2 is 0.608 bits per heavy atom. The first-order valence-electron chi connectivity index (χ1n) is 17.1. The molecule has 4 aromatic carbocycles. The first kappa shape index (κ1) is 33.8. The first-order valence-corrected chi connectivity index (χ1v) is 17.1. The predicted octanol–water partition coefficient (Wildman–Crippen LogP) is 10.7. The minimum Gasteiger partial charge on any atom is -0.416 e. The molecule has 0 N–H and O–H groups in total. The molecule has 0 unspecified atom stereocenters. The fourth-order valence-electron chi connectivity index (χ4n) is 5.82. The van der Waals surface area contributed by atoms with Crippen molar-refractivity contribution in [1.82, 2.24) is 30.6 Å². The van der Waals surface area contributed by atoms with E-state index in [-0.39, 0.29) is 33.9 Å². The van der Waals surface area contributed by atoms with Gasteiger partial charge >= 0.3 is 0 Å². The smallest absolute Gasteiger partial charge is 0.249 e. The maximum atomic E-state index is 6.38. The van der Waals surface area contributed by atoms with Crippen molar-refractivity contribution in [1.29, 1.82) is 0 Å². The quantitative estimate of drug-likeness (QED) is 0.169. The van der Waals surface area contributed by atoms with E-state index in [1.807, 2.05) is 54.6 Å². The van der Waals surface area contributed by atoms with Crippen LogP contribution in [-0.2, 0) is 16.2 Å². The lowest BCUT2D eigenvalue weighted by atomic mass is 9.87. The van der Waals surface area contributed by atoms with E-state index in [9.17, 15) is 0 Å². The van der Waals surface area contributed by atoms with E-state index >= 15 is 0 Å². The van der Waals surface area contributed by atoms with Crippen LogP contribution in [0.15, 0.2) is 104 Å². The van der Waals surface area contributed by atoms with Crippen molar-refractivity contribution in [3.05, 3.63) is 108 Å². The molecule has 0 aliphatic rings. The minimum atomic E-state index is 0.0154. The fraction of sp³-hybridized carbons (Fsp3) is 0.286. The minimum absolute atomic E-state index is 0.0154. The summed E-state index contributed by atoms with van der Waals surface area (Å²) in [5.74, 6) is 1.99. The van der Waals surface area contributed by atoms with E-state index in [1.165, 1.54) is 16.7 Å². The highest BCUT2D eigenvalue weighted by atomic mass is 16.4. The summed E-state index contributed by atoms with van der Waals surface area (Å²) in [6.07, 6.45) is 0. The molecule has 3 heterocycles. The summed E-state index contributed by atoms with van der Waals surface area (Å²) < 4.78 is 19.0. The van der Waals surface area contributed by atoms with Crippen molar-refractivity contribution in [3.63, 3.8) is 0 Å². The van der Waals surface area contributed by atoms with Gasteiger partial charge in [0.2, 0.25) is 35.3 Å². The molecule has 9 heteroatoms. The number of rotatable bonds is 6. The molecule has 0 atom stereocenters. The summed E-state index contributed by atoms with van der Waals surface area (Å²) >= 11 is 0. The van der Waals surface area contributed by atoms with Gasteiger partial charge in [0.15, 0.2) is 0 Å². The zero-order valence-corrected chi connectivity index (χ0v) is 30.6. The predicted molar refractivity (Wildman–Crippen MR) is 199 cm³/mol. The van der Waals surface area contributed by atoms with Crippen molar-refractivity contribution < 1.29 is 13.3 Å². The largest absolute Gasteiger partial charge is 0.416 e. The molecule has 0 aliphatic carbocycles. The normalized spacial score (nSPS) is 12.4. The van der Waals surface area contributed by atoms with Crippen LogP contribution in [0.3, 0.4) is 0 Å². The SMILES string of the molecule is CC(C)(C)c1ccc(-c2nnc(-c3cccc(-c4nnc(-c5ccc(C(C)(C)C)cc5)o4)c3-c3nnc(-c4ccc(C(C)(C)C)cc4)o3)o2)cc1. The molecule has 51 heavy (non-hydrogen) atoms. The summed E-state index contributed by atoms with van der Waals surface area (Å²) in [5.41, 5.74) is 7.85. The summed E-state index contributed by atoms with van der Waals surface area (Å²) in [4.78, 5) is 0. The second kappa shape index (κ2) is 12.6. The second-order valence-corrected chi connectivity index (χ2v) is 15.9. The van der Waals surface area contributed by atoms with Gasteiger partial charge in [-0.25, -0.2) is 0 Å². The Kier molecular flexibility index (Phi) is 8.32. The van der Waals surface area contributed by atoms with Crippen molar-refractivity contribution in [2.45, 2.75) is 78.6 Å². The van der Waals surface area contributed by atoms with Crippen LogP contribution in [0.4, 0.5) is 0 Å². The molecule has 0 fully saturated rings. The monoisotopic (exact) mass is 678 g/mol. The van der Waals surface area contributed by atoms with Crippen molar-refractivity contribution in [3.8, 4) is 68.7 Å². The Morgan fingerprint density at radius 1 is 0.333 bits per heavy atom. The molecule has 0 saturated heterocycles. The fourth-order valence-corrected chi connectivity index (χ4v) is 5.82. The summed E-state index contributed by atoms with van der Waals surface area (Å²) in [5, 5.41) is 26.7. The Labute approximate surface area is 298 Å². The van der Waals surface area contributed by atoms with Crippen molar-refractivity contribution in [2.24, 2.45) is 0 Å². The Bertz CT molecular complexity index is 2180. The highest BCUT2D eigenvalue weighted by molar-refractivity contribution is 5.88. The third kappa shape index (κ3) is 6.88. The van der Waals surface area contributed by atoms with Gasteiger partial charge in [0.1, 0.15) is 0 Å². The van der Waals surface area contributed by atoms with E-state index in [1.54, 1.807) is 0 Å². The zero-order chi connectivity index (χ0) is 36.1. The van der Waals surface area contributed by atoms with Gasteiger partial charge in [-0.2, -0.15) is 0 Å². The maximum absolute atomic E-state index is 6.38. The van der Waals surface area contributed by atoms with Crippen molar-refractivity contribution in [2.75, 3.05) is 0 Å². The van der Waals surface area contributed by atoms with E-state index in [0.29, 0.717) is 34.4 Å². The second-order valence-electron chi connectivity index (χ2n) is 15.9. The molecule has 0 amide bonds. The number of aromatic nitrogens is 6. The van der Waals surface area contributed by atoms with E-state index < -0.39 is 0 Å². The molecular weight excluding hydrogens is 637 g/mol. The molecule has 7 rings (SSSR count). The van der Waals surface area contributed by atoms with Gasteiger partial charge in [-0.1, -0.05) is 105 Å². The Balaban J connectivity index is 1.31. The molecule has 258 valence electrons. The summed E-state index contributed by atoms with van der Waals surface area (Å²) in [6, 6.07) is 30.1. The number of benzene rings is 4. The van der Waals surface area contributed by atoms with Crippen LogP contribution in [0, 0.1) is 0 Å². The van der Waals surface area contributed by atoms with Crippen LogP contribution >= 0.6 is 0 Å². The molecule has 9 nitrogen and oxygen atoms in total. The van der Waals surface area contributed by atoms with Crippen molar-refractivity contribution >= 4 is 0 Å². The third-order valence-electron chi connectivity index (χ3n) is 9.01. The third-order valence-corrected chi connectivity index (χ3v) is 9.01. The highest BCUT2D eigenvalue weighted by Crippen LogP contribution is 2.41. The average molecular weight is 679 g/mol. The first-order chi connectivity index (χ1) is 24.1. The number of hydrogen-bond acceptors (Lipinski definition) is 9. The summed E-state index contributed by atoms with van der Waals surface area (Å²) in [6.45, 7) is 19.6. The molecule has 3 aromatic heterocycles. The lowest BCUT2D eigenvalue weighted by Crippen LogP contribution is -2.10. The van der Waals surface area contributed by atoms with Gasteiger partial charge in [0, 0.05) is 16.7 Å². The van der Waals surface area contributed by atoms with Crippen LogP contribution in [0.25, 0.3) is 68.7 Å².